The molecule has 3 N–H and O–H groups in total. The molecule has 0 heterocycles. The molecule has 164 valence electrons. The van der Waals surface area contributed by atoms with Crippen molar-refractivity contribution < 1.29 is 0 Å². The van der Waals surface area contributed by atoms with Crippen LogP contribution in [-0.4, -0.2) is 17.6 Å². The number of hydrogen-bond donors (Lipinski definition) is 2. The number of nitrogens with one attached hydrogen (secondary N) is 1. The Balaban J connectivity index is 1.39. The van der Waals surface area contributed by atoms with Gasteiger partial charge in [0.1, 0.15) is 0 Å². The summed E-state index contributed by atoms with van der Waals surface area (Å²) in [4.78, 5) is 1.23. The van der Waals surface area contributed by atoms with Crippen LogP contribution in [0, 0.1) is 29.1 Å². The summed E-state index contributed by atoms with van der Waals surface area (Å²) in [5.41, 5.74) is 8.11. The van der Waals surface area contributed by atoms with Gasteiger partial charge in [-0.15, -0.1) is 0 Å². The molecule has 0 radical (unpaired) electrons. The molecule has 1 aromatic carbocycles. The molecule has 30 heavy (non-hydrogen) atoms. The van der Waals surface area contributed by atoms with Crippen molar-refractivity contribution in [3.05, 3.63) is 35.9 Å². The monoisotopic (exact) mass is 424 g/mol. The second-order valence-corrected chi connectivity index (χ2v) is 11.7. The zero-order chi connectivity index (χ0) is 20.8. The van der Waals surface area contributed by atoms with E-state index in [1.165, 1.54) is 75.6 Å². The molecule has 0 spiro atoms. The zero-order valence-corrected chi connectivity index (χ0v) is 19.6. The molecule has 0 saturated heterocycles. The first-order valence-electron chi connectivity index (χ1n) is 12.6. The van der Waals surface area contributed by atoms with Crippen LogP contribution in [-0.2, 0) is 5.41 Å². The molecule has 1 aromatic rings. The second kappa shape index (κ2) is 8.20. The molecule has 0 amide bonds. The Hall–Kier alpha value is -0.930. The highest BCUT2D eigenvalue weighted by molar-refractivity contribution is 7.80. The minimum Gasteiger partial charge on any atom is -0.376 e. The molecule has 2 unspecified atom stereocenters. The van der Waals surface area contributed by atoms with Gasteiger partial charge in [0, 0.05) is 11.5 Å². The van der Waals surface area contributed by atoms with E-state index in [0.29, 0.717) is 11.5 Å². The van der Waals surface area contributed by atoms with E-state index < -0.39 is 0 Å². The highest BCUT2D eigenvalue weighted by Crippen LogP contribution is 2.68. The summed E-state index contributed by atoms with van der Waals surface area (Å²) >= 11 is 6.25. The molecule has 5 aliphatic carbocycles. The molecular formula is C27H40N2S. The number of benzene rings is 1. The molecule has 2 nitrogen and oxygen atoms in total. The fourth-order valence-electron chi connectivity index (χ4n) is 8.33. The van der Waals surface area contributed by atoms with E-state index in [9.17, 15) is 0 Å². The van der Waals surface area contributed by atoms with Crippen LogP contribution in [0.25, 0.3) is 0 Å². The van der Waals surface area contributed by atoms with Gasteiger partial charge in [0.25, 0.3) is 0 Å². The molecule has 0 aliphatic heterocycles. The Morgan fingerprint density at radius 2 is 1.70 bits per heavy atom. The third-order valence-electron chi connectivity index (χ3n) is 9.50. The fraction of sp³-hybridized carbons (Fsp3) is 0.741. The van der Waals surface area contributed by atoms with Crippen molar-refractivity contribution in [1.29, 1.82) is 0 Å². The van der Waals surface area contributed by atoms with Crippen LogP contribution >= 0.6 is 12.2 Å². The lowest BCUT2D eigenvalue weighted by Crippen LogP contribution is -2.62. The summed E-state index contributed by atoms with van der Waals surface area (Å²) in [6.45, 7) is 3.22. The standard InChI is InChI=1S/C27H40N2S/c1-2-6-24-20-13-26(22-7-4-3-5-8-22)14-21(24)16-27(15-20,18-26)25(30)29-23-11-9-19(17-28)10-12-23/h3-5,7-8,19-21,23-24H,2,6,9-18,28H2,1H3,(H,29,30). The maximum absolute atomic E-state index is 6.25. The van der Waals surface area contributed by atoms with E-state index in [2.05, 4.69) is 42.6 Å². The van der Waals surface area contributed by atoms with Crippen LogP contribution in [0.3, 0.4) is 0 Å². The van der Waals surface area contributed by atoms with Crippen molar-refractivity contribution in [3.63, 3.8) is 0 Å². The van der Waals surface area contributed by atoms with Crippen molar-refractivity contribution in [2.45, 2.75) is 89.0 Å². The number of thiocarbonyl (C=S) groups is 1. The van der Waals surface area contributed by atoms with Gasteiger partial charge in [-0.25, -0.2) is 0 Å². The lowest BCUT2D eigenvalue weighted by atomic mass is 9.40. The number of nitrogens with two attached hydrogens (primary N) is 1. The lowest BCUT2D eigenvalue weighted by molar-refractivity contribution is -0.0840. The van der Waals surface area contributed by atoms with Gasteiger partial charge in [0.15, 0.2) is 0 Å². The highest BCUT2D eigenvalue weighted by Gasteiger charge is 2.62. The van der Waals surface area contributed by atoms with Crippen LogP contribution < -0.4 is 11.1 Å². The maximum atomic E-state index is 6.25. The SMILES string of the molecule is CCCC1C2CC3(C(=S)NC4CCC(CN)CC4)CC1CC(c1ccccc1)(C2)C3. The molecule has 3 heteroatoms. The molecule has 2 atom stereocenters. The molecule has 5 fully saturated rings. The molecule has 0 aromatic heterocycles. The first kappa shape index (κ1) is 20.9. The summed E-state index contributed by atoms with van der Waals surface area (Å²) in [7, 11) is 0. The Bertz CT molecular complexity index is 735. The number of hydrogen-bond acceptors (Lipinski definition) is 2. The van der Waals surface area contributed by atoms with E-state index in [1.807, 2.05) is 0 Å². The van der Waals surface area contributed by atoms with Gasteiger partial charge < -0.3 is 11.1 Å². The zero-order valence-electron chi connectivity index (χ0n) is 18.7. The first-order valence-corrected chi connectivity index (χ1v) is 13.0. The Morgan fingerprint density at radius 1 is 1.03 bits per heavy atom. The van der Waals surface area contributed by atoms with Gasteiger partial charge in [-0.05, 0) is 99.0 Å². The van der Waals surface area contributed by atoms with Gasteiger partial charge >= 0.3 is 0 Å². The highest BCUT2D eigenvalue weighted by atomic mass is 32.1. The Morgan fingerprint density at radius 3 is 2.30 bits per heavy atom. The largest absolute Gasteiger partial charge is 0.376 e. The van der Waals surface area contributed by atoms with Gasteiger partial charge in [-0.2, -0.15) is 0 Å². The summed E-state index contributed by atoms with van der Waals surface area (Å²) in [6.07, 6.45) is 14.5. The van der Waals surface area contributed by atoms with Crippen molar-refractivity contribution in [1.82, 2.24) is 5.32 Å². The van der Waals surface area contributed by atoms with Crippen molar-refractivity contribution in [3.8, 4) is 0 Å². The van der Waals surface area contributed by atoms with E-state index in [4.69, 9.17) is 18.0 Å². The van der Waals surface area contributed by atoms with Crippen molar-refractivity contribution in [2.75, 3.05) is 6.54 Å². The molecular weight excluding hydrogens is 384 g/mol. The predicted molar refractivity (Wildman–Crippen MR) is 130 cm³/mol. The first-order chi connectivity index (χ1) is 14.6. The van der Waals surface area contributed by atoms with Crippen LogP contribution in [0.15, 0.2) is 30.3 Å². The summed E-state index contributed by atoms with van der Waals surface area (Å²) < 4.78 is 0. The average molecular weight is 425 g/mol. The molecule has 4 bridgehead atoms. The van der Waals surface area contributed by atoms with Gasteiger partial charge in [-0.3, -0.25) is 0 Å². The van der Waals surface area contributed by atoms with Gasteiger partial charge in [-0.1, -0.05) is 62.3 Å². The van der Waals surface area contributed by atoms with Gasteiger partial charge in [0.2, 0.25) is 0 Å². The predicted octanol–water partition coefficient (Wildman–Crippen LogP) is 5.99. The van der Waals surface area contributed by atoms with E-state index in [-0.39, 0.29) is 5.41 Å². The molecule has 5 saturated carbocycles. The maximum Gasteiger partial charge on any atom is 0.0818 e. The third kappa shape index (κ3) is 3.54. The topological polar surface area (TPSA) is 38.0 Å². The normalized spacial score (nSPS) is 42.3. The second-order valence-electron chi connectivity index (χ2n) is 11.3. The van der Waals surface area contributed by atoms with Gasteiger partial charge in [0.05, 0.1) is 4.99 Å². The molecule has 5 aliphatic rings. The molecule has 6 rings (SSSR count). The fourth-order valence-corrected chi connectivity index (χ4v) is 8.73. The van der Waals surface area contributed by atoms with Crippen LogP contribution in [0.1, 0.15) is 83.1 Å². The van der Waals surface area contributed by atoms with Crippen molar-refractivity contribution in [2.24, 2.45) is 34.8 Å². The summed E-state index contributed by atoms with van der Waals surface area (Å²) in [6, 6.07) is 12.0. The smallest absolute Gasteiger partial charge is 0.0818 e. The minimum atomic E-state index is 0.242. The Labute approximate surface area is 188 Å². The van der Waals surface area contributed by atoms with Crippen LogP contribution in [0.2, 0.25) is 0 Å². The van der Waals surface area contributed by atoms with E-state index in [1.54, 1.807) is 5.56 Å². The Kier molecular flexibility index (Phi) is 5.73. The van der Waals surface area contributed by atoms with Crippen LogP contribution in [0.5, 0.6) is 0 Å². The van der Waals surface area contributed by atoms with E-state index >= 15 is 0 Å². The summed E-state index contributed by atoms with van der Waals surface area (Å²) in [5.74, 6) is 3.38. The van der Waals surface area contributed by atoms with E-state index in [0.717, 1.165) is 30.2 Å². The van der Waals surface area contributed by atoms with Crippen molar-refractivity contribution >= 4 is 17.2 Å². The van der Waals surface area contributed by atoms with Crippen LogP contribution in [0.4, 0.5) is 0 Å². The third-order valence-corrected chi connectivity index (χ3v) is 10.1. The lowest BCUT2D eigenvalue weighted by Gasteiger charge is -2.65. The minimum absolute atomic E-state index is 0.242. The summed E-state index contributed by atoms with van der Waals surface area (Å²) in [5, 5.41) is 3.93. The average Bonchev–Trinajstić information content (AvgIpc) is 2.77. The number of rotatable bonds is 6. The quantitative estimate of drug-likeness (QED) is 0.551.